The summed E-state index contributed by atoms with van der Waals surface area (Å²) in [5.41, 5.74) is 3.34. The van der Waals surface area contributed by atoms with E-state index in [-0.39, 0.29) is 42.9 Å². The van der Waals surface area contributed by atoms with Gasteiger partial charge in [-0.25, -0.2) is 8.42 Å². The molecule has 2 aromatic rings. The number of hydrogen-bond donors (Lipinski definition) is 0. The van der Waals surface area contributed by atoms with Crippen LogP contribution in [-0.4, -0.2) is 68.7 Å². The van der Waals surface area contributed by atoms with Gasteiger partial charge >= 0.3 is 0 Å². The average Bonchev–Trinajstić information content (AvgIpc) is 2.92. The van der Waals surface area contributed by atoms with Gasteiger partial charge in [-0.05, 0) is 82.0 Å². The molecule has 42 heavy (non-hydrogen) atoms. The Hall–Kier alpha value is -1.81. The summed E-state index contributed by atoms with van der Waals surface area (Å²) in [6.07, 6.45) is 11.8. The highest BCUT2D eigenvalue weighted by Crippen LogP contribution is 2.39. The van der Waals surface area contributed by atoms with Gasteiger partial charge in [0.15, 0.2) is 0 Å². The Bertz CT molecular complexity index is 1220. The summed E-state index contributed by atoms with van der Waals surface area (Å²) in [4.78, 5) is 2.31. The number of nitrogens with zero attached hydrogens (tertiary/aromatic N) is 4. The maximum absolute atomic E-state index is 13.1. The second-order valence-electron chi connectivity index (χ2n) is 12.0. The van der Waals surface area contributed by atoms with Crippen LogP contribution in [-0.2, 0) is 16.4 Å². The number of unbranched alkanes of at least 4 members (excludes halogenated alkanes) is 1. The molecule has 1 aliphatic carbocycles. The third kappa shape index (κ3) is 10.1. The number of rotatable bonds is 12. The van der Waals surface area contributed by atoms with Crippen molar-refractivity contribution in [3.63, 3.8) is 0 Å². The fourth-order valence-electron chi connectivity index (χ4n) is 5.60. The van der Waals surface area contributed by atoms with Gasteiger partial charge in [-0.1, -0.05) is 39.7 Å². The molecule has 238 valence electrons. The number of aromatic nitrogens is 2. The summed E-state index contributed by atoms with van der Waals surface area (Å²) in [7, 11) is -1.40. The monoisotopic (exact) mass is 644 g/mol. The SMILES string of the molecule is CCCCc1nnc(OC2CCN(C)CC2)cc1-c1ccc(OC2CCCCC2)c(N(CC(C)C)S(C)(=O)=O)c1.Cl.Cl. The van der Waals surface area contributed by atoms with E-state index in [4.69, 9.17) is 9.47 Å². The van der Waals surface area contributed by atoms with Crippen molar-refractivity contribution in [1.29, 1.82) is 0 Å². The summed E-state index contributed by atoms with van der Waals surface area (Å²) in [6, 6.07) is 7.93. The third-order valence-corrected chi connectivity index (χ3v) is 9.03. The normalized spacial score (nSPS) is 16.9. The lowest BCUT2D eigenvalue weighted by molar-refractivity contribution is 0.109. The van der Waals surface area contributed by atoms with Gasteiger partial charge in [0.25, 0.3) is 0 Å². The van der Waals surface area contributed by atoms with Gasteiger partial charge in [0, 0.05) is 31.3 Å². The van der Waals surface area contributed by atoms with Crippen molar-refractivity contribution < 1.29 is 17.9 Å². The van der Waals surface area contributed by atoms with Crippen LogP contribution in [0, 0.1) is 5.92 Å². The Morgan fingerprint density at radius 1 is 0.976 bits per heavy atom. The van der Waals surface area contributed by atoms with Gasteiger partial charge in [0.05, 0.1) is 23.7 Å². The first-order valence-corrected chi connectivity index (χ1v) is 17.0. The number of likely N-dealkylation sites (tertiary alicyclic amines) is 1. The van der Waals surface area contributed by atoms with Crippen molar-refractivity contribution in [3.05, 3.63) is 30.0 Å². The van der Waals surface area contributed by atoms with Crippen LogP contribution in [0.25, 0.3) is 11.1 Å². The van der Waals surface area contributed by atoms with Gasteiger partial charge in [-0.2, -0.15) is 5.10 Å². The van der Waals surface area contributed by atoms with Gasteiger partial charge in [-0.3, -0.25) is 4.31 Å². The minimum absolute atomic E-state index is 0. The molecule has 8 nitrogen and oxygen atoms in total. The van der Waals surface area contributed by atoms with Crippen molar-refractivity contribution in [2.75, 3.05) is 37.2 Å². The molecule has 1 saturated heterocycles. The van der Waals surface area contributed by atoms with Crippen LogP contribution < -0.4 is 13.8 Å². The highest BCUT2D eigenvalue weighted by Gasteiger charge is 2.26. The van der Waals surface area contributed by atoms with Crippen LogP contribution in [0.15, 0.2) is 24.3 Å². The molecule has 1 aromatic heterocycles. The number of anilines is 1. The Labute approximate surface area is 265 Å². The predicted octanol–water partition coefficient (Wildman–Crippen LogP) is 6.94. The number of aryl methyl sites for hydroxylation is 1. The number of halogens is 2. The maximum Gasteiger partial charge on any atom is 0.234 e. The number of piperidine rings is 1. The molecule has 0 spiro atoms. The lowest BCUT2D eigenvalue weighted by atomic mass is 9.97. The zero-order valence-electron chi connectivity index (χ0n) is 25.9. The number of hydrogen-bond acceptors (Lipinski definition) is 7. The maximum atomic E-state index is 13.1. The molecule has 0 N–H and O–H groups in total. The van der Waals surface area contributed by atoms with Crippen LogP contribution in [0.5, 0.6) is 11.6 Å². The minimum atomic E-state index is -3.53. The molecule has 0 radical (unpaired) electrons. The lowest BCUT2D eigenvalue weighted by Crippen LogP contribution is -2.35. The first-order chi connectivity index (χ1) is 19.1. The number of ether oxygens (including phenoxy) is 2. The Balaban J connectivity index is 0.00000308. The van der Waals surface area contributed by atoms with Gasteiger partial charge in [0.1, 0.15) is 11.9 Å². The van der Waals surface area contributed by atoms with Gasteiger partial charge in [0.2, 0.25) is 15.9 Å². The topological polar surface area (TPSA) is 84.9 Å². The molecule has 4 rings (SSSR count). The molecule has 11 heteroatoms. The van der Waals surface area contributed by atoms with Crippen LogP contribution in [0.3, 0.4) is 0 Å². The van der Waals surface area contributed by atoms with Crippen molar-refractivity contribution in [1.82, 2.24) is 15.1 Å². The zero-order valence-corrected chi connectivity index (χ0v) is 28.3. The van der Waals surface area contributed by atoms with E-state index in [0.29, 0.717) is 23.9 Å². The molecule has 0 bridgehead atoms. The first kappa shape index (κ1) is 36.4. The number of sulfonamides is 1. The summed E-state index contributed by atoms with van der Waals surface area (Å²) in [6.45, 7) is 8.62. The fourth-order valence-corrected chi connectivity index (χ4v) is 6.66. The van der Waals surface area contributed by atoms with E-state index in [9.17, 15) is 8.42 Å². The van der Waals surface area contributed by atoms with E-state index < -0.39 is 10.0 Å². The van der Waals surface area contributed by atoms with Crippen LogP contribution >= 0.6 is 24.8 Å². The molecule has 0 atom stereocenters. The summed E-state index contributed by atoms with van der Waals surface area (Å²) in [5, 5.41) is 9.06. The highest BCUT2D eigenvalue weighted by molar-refractivity contribution is 7.92. The molecule has 1 saturated carbocycles. The summed E-state index contributed by atoms with van der Waals surface area (Å²) >= 11 is 0. The Kier molecular flexibility index (Phi) is 14.6. The summed E-state index contributed by atoms with van der Waals surface area (Å²) < 4.78 is 40.5. The number of benzene rings is 1. The van der Waals surface area contributed by atoms with Crippen LogP contribution in [0.2, 0.25) is 0 Å². The standard InChI is InChI=1S/C31H48N4O4S.2ClH/c1-6-7-13-28-27(21-31(33-32-28)39-26-16-18-34(4)19-17-26)24-14-15-30(38-25-11-9-8-10-12-25)29(20-24)35(22-23(2)3)40(5,36)37;;/h14-15,20-21,23,25-26H,6-13,16-19,22H2,1-5H3;2*1H. The van der Waals surface area contributed by atoms with Crippen molar-refractivity contribution in [3.8, 4) is 22.8 Å². The lowest BCUT2D eigenvalue weighted by Gasteiger charge is -2.30. The Morgan fingerprint density at radius 3 is 2.26 bits per heavy atom. The smallest absolute Gasteiger partial charge is 0.234 e. The zero-order chi connectivity index (χ0) is 28.7. The molecule has 1 aromatic carbocycles. The minimum Gasteiger partial charge on any atom is -0.488 e. The molecule has 0 unspecified atom stereocenters. The Morgan fingerprint density at radius 2 is 1.64 bits per heavy atom. The predicted molar refractivity (Wildman–Crippen MR) is 176 cm³/mol. The van der Waals surface area contributed by atoms with E-state index in [1.807, 2.05) is 38.1 Å². The van der Waals surface area contributed by atoms with E-state index in [1.165, 1.54) is 17.0 Å². The first-order valence-electron chi connectivity index (χ1n) is 15.1. The van der Waals surface area contributed by atoms with Crippen molar-refractivity contribution >= 4 is 40.5 Å². The van der Waals surface area contributed by atoms with Gasteiger partial charge in [-0.15, -0.1) is 29.9 Å². The quantitative estimate of drug-likeness (QED) is 0.247. The van der Waals surface area contributed by atoms with Gasteiger partial charge < -0.3 is 14.4 Å². The molecule has 2 heterocycles. The molecule has 2 aliphatic rings. The van der Waals surface area contributed by atoms with E-state index >= 15 is 0 Å². The molecule has 2 fully saturated rings. The average molecular weight is 646 g/mol. The highest BCUT2D eigenvalue weighted by atomic mass is 35.5. The van der Waals surface area contributed by atoms with E-state index in [2.05, 4.69) is 29.1 Å². The van der Waals surface area contributed by atoms with Crippen LogP contribution in [0.1, 0.15) is 84.3 Å². The largest absolute Gasteiger partial charge is 0.488 e. The summed E-state index contributed by atoms with van der Waals surface area (Å²) in [5.74, 6) is 1.30. The second kappa shape index (κ2) is 16.9. The van der Waals surface area contributed by atoms with E-state index in [1.54, 1.807) is 0 Å². The fraction of sp³-hybridized carbons (Fsp3) is 0.677. The molecular formula is C31H50Cl2N4O4S. The van der Waals surface area contributed by atoms with Crippen molar-refractivity contribution in [2.24, 2.45) is 5.92 Å². The van der Waals surface area contributed by atoms with E-state index in [0.717, 1.165) is 87.7 Å². The molecular weight excluding hydrogens is 595 g/mol. The molecule has 1 aliphatic heterocycles. The third-order valence-electron chi connectivity index (χ3n) is 7.88. The molecule has 0 amide bonds. The van der Waals surface area contributed by atoms with Crippen LogP contribution in [0.4, 0.5) is 5.69 Å². The second-order valence-corrected chi connectivity index (χ2v) is 13.9. The van der Waals surface area contributed by atoms with Crippen molar-refractivity contribution in [2.45, 2.75) is 97.2 Å².